The van der Waals surface area contributed by atoms with Gasteiger partial charge in [-0.2, -0.15) is 0 Å². The van der Waals surface area contributed by atoms with Gasteiger partial charge in [-0.15, -0.1) is 0 Å². The summed E-state index contributed by atoms with van der Waals surface area (Å²) >= 11 is 6.04. The van der Waals surface area contributed by atoms with Crippen LogP contribution in [0.15, 0.2) is 28.1 Å². The third-order valence-electron chi connectivity index (χ3n) is 4.07. The Bertz CT molecular complexity index is 689. The molecule has 5 nitrogen and oxygen atoms in total. The minimum absolute atomic E-state index is 0.0455. The molecule has 1 unspecified atom stereocenters. The fourth-order valence-electron chi connectivity index (χ4n) is 2.73. The van der Waals surface area contributed by atoms with Crippen molar-refractivity contribution in [2.75, 3.05) is 18.8 Å². The van der Waals surface area contributed by atoms with Crippen LogP contribution < -0.4 is 5.73 Å². The highest BCUT2D eigenvalue weighted by Gasteiger charge is 2.18. The SMILES string of the molecule is CCS(=O)(=O)c1cc(Cl)cc(CN=C(N)N2CCCC(C)C2)c1. The van der Waals surface area contributed by atoms with Gasteiger partial charge in [-0.05, 0) is 42.5 Å². The van der Waals surface area contributed by atoms with Gasteiger partial charge in [0.1, 0.15) is 0 Å². The average Bonchev–Trinajstić information content (AvgIpc) is 2.52. The predicted octanol–water partition coefficient (Wildman–Crippen LogP) is 2.68. The minimum Gasteiger partial charge on any atom is -0.370 e. The fourth-order valence-corrected chi connectivity index (χ4v) is 4.02. The van der Waals surface area contributed by atoms with E-state index in [9.17, 15) is 8.42 Å². The molecule has 2 N–H and O–H groups in total. The average molecular weight is 358 g/mol. The van der Waals surface area contributed by atoms with E-state index in [-0.39, 0.29) is 10.6 Å². The minimum atomic E-state index is -3.28. The molecule has 0 spiro atoms. The number of hydrogen-bond acceptors (Lipinski definition) is 3. The zero-order valence-electron chi connectivity index (χ0n) is 13.6. The maximum absolute atomic E-state index is 12.0. The first-order chi connectivity index (χ1) is 10.8. The number of piperidine rings is 1. The van der Waals surface area contributed by atoms with Crippen LogP contribution in [0.2, 0.25) is 5.02 Å². The molecule has 0 radical (unpaired) electrons. The molecule has 23 heavy (non-hydrogen) atoms. The second-order valence-corrected chi connectivity index (χ2v) is 8.78. The Morgan fingerprint density at radius 2 is 2.17 bits per heavy atom. The highest BCUT2D eigenvalue weighted by Crippen LogP contribution is 2.21. The summed E-state index contributed by atoms with van der Waals surface area (Å²) in [7, 11) is -3.28. The topological polar surface area (TPSA) is 75.8 Å². The molecule has 1 fully saturated rings. The quantitative estimate of drug-likeness (QED) is 0.664. The molecule has 7 heteroatoms. The van der Waals surface area contributed by atoms with Crippen LogP contribution in [-0.2, 0) is 16.4 Å². The largest absolute Gasteiger partial charge is 0.370 e. The number of guanidine groups is 1. The van der Waals surface area contributed by atoms with E-state index in [0.29, 0.717) is 23.4 Å². The first-order valence-corrected chi connectivity index (χ1v) is 9.92. The molecule has 0 saturated carbocycles. The molecule has 1 aliphatic rings. The summed E-state index contributed by atoms with van der Waals surface area (Å²) in [6.07, 6.45) is 2.34. The Labute approximate surface area is 143 Å². The summed E-state index contributed by atoms with van der Waals surface area (Å²) in [5, 5.41) is 0.398. The number of rotatable bonds is 4. The third kappa shape index (κ3) is 4.85. The summed E-state index contributed by atoms with van der Waals surface area (Å²) < 4.78 is 24.0. The Morgan fingerprint density at radius 1 is 1.43 bits per heavy atom. The Hall–Kier alpha value is -1.27. The van der Waals surface area contributed by atoms with Crippen molar-refractivity contribution in [3.8, 4) is 0 Å². The van der Waals surface area contributed by atoms with Crippen molar-refractivity contribution in [1.29, 1.82) is 0 Å². The van der Waals surface area contributed by atoms with E-state index in [1.165, 1.54) is 12.5 Å². The Morgan fingerprint density at radius 3 is 2.83 bits per heavy atom. The van der Waals surface area contributed by atoms with Gasteiger partial charge in [-0.3, -0.25) is 0 Å². The number of aliphatic imine (C=N–C) groups is 1. The molecular formula is C16H24ClN3O2S. The molecule has 0 aliphatic carbocycles. The van der Waals surface area contributed by atoms with Crippen LogP contribution in [0, 0.1) is 5.92 Å². The molecule has 1 aromatic rings. The molecule has 128 valence electrons. The molecule has 1 saturated heterocycles. The number of likely N-dealkylation sites (tertiary alicyclic amines) is 1. The molecule has 1 aromatic carbocycles. The van der Waals surface area contributed by atoms with Gasteiger partial charge in [0.25, 0.3) is 0 Å². The van der Waals surface area contributed by atoms with Gasteiger partial charge in [0.2, 0.25) is 0 Å². The van der Waals surface area contributed by atoms with Crippen LogP contribution in [-0.4, -0.2) is 38.1 Å². The van der Waals surface area contributed by atoms with E-state index in [4.69, 9.17) is 17.3 Å². The second-order valence-electron chi connectivity index (χ2n) is 6.07. The van der Waals surface area contributed by atoms with Crippen LogP contribution >= 0.6 is 11.6 Å². The van der Waals surface area contributed by atoms with Gasteiger partial charge in [0, 0.05) is 18.1 Å². The van der Waals surface area contributed by atoms with Crippen molar-refractivity contribution in [3.63, 3.8) is 0 Å². The molecule has 1 heterocycles. The lowest BCUT2D eigenvalue weighted by Crippen LogP contribution is -2.43. The normalized spacial score (nSPS) is 19.9. The van der Waals surface area contributed by atoms with E-state index in [0.717, 1.165) is 25.1 Å². The standard InChI is InChI=1S/C16H24ClN3O2S/c1-3-23(21,22)15-8-13(7-14(17)9-15)10-19-16(18)20-6-4-5-12(2)11-20/h7-9,12H,3-6,10-11H2,1-2H3,(H2,18,19). The number of hydrogen-bond donors (Lipinski definition) is 1. The van der Waals surface area contributed by atoms with Crippen molar-refractivity contribution in [2.24, 2.45) is 16.6 Å². The number of sulfone groups is 1. The van der Waals surface area contributed by atoms with Crippen LogP contribution in [0.4, 0.5) is 0 Å². The number of halogens is 1. The van der Waals surface area contributed by atoms with Gasteiger partial charge in [-0.1, -0.05) is 25.4 Å². The molecule has 2 rings (SSSR count). The molecule has 0 bridgehead atoms. The first kappa shape index (κ1) is 18.1. The van der Waals surface area contributed by atoms with Gasteiger partial charge in [0.15, 0.2) is 15.8 Å². The highest BCUT2D eigenvalue weighted by molar-refractivity contribution is 7.91. The molecule has 1 aliphatic heterocycles. The Balaban J connectivity index is 2.15. The molecule has 1 atom stereocenters. The zero-order valence-corrected chi connectivity index (χ0v) is 15.2. The van der Waals surface area contributed by atoms with Crippen molar-refractivity contribution in [1.82, 2.24) is 4.90 Å². The lowest BCUT2D eigenvalue weighted by Gasteiger charge is -2.31. The van der Waals surface area contributed by atoms with E-state index in [2.05, 4.69) is 16.8 Å². The third-order valence-corrected chi connectivity index (χ3v) is 6.01. The Kier molecular flexibility index (Phi) is 5.92. The summed E-state index contributed by atoms with van der Waals surface area (Å²) in [6.45, 7) is 5.98. The monoisotopic (exact) mass is 357 g/mol. The summed E-state index contributed by atoms with van der Waals surface area (Å²) in [5.74, 6) is 1.17. The molecule has 0 aromatic heterocycles. The lowest BCUT2D eigenvalue weighted by atomic mass is 10.0. The summed E-state index contributed by atoms with van der Waals surface area (Å²) in [5.41, 5.74) is 6.82. The summed E-state index contributed by atoms with van der Waals surface area (Å²) in [6, 6.07) is 4.83. The number of nitrogens with zero attached hydrogens (tertiary/aromatic N) is 2. The second kappa shape index (κ2) is 7.53. The number of nitrogens with two attached hydrogens (primary N) is 1. The fraction of sp³-hybridized carbons (Fsp3) is 0.562. The highest BCUT2D eigenvalue weighted by atomic mass is 35.5. The maximum Gasteiger partial charge on any atom is 0.191 e. The predicted molar refractivity (Wildman–Crippen MR) is 94.5 cm³/mol. The lowest BCUT2D eigenvalue weighted by molar-refractivity contribution is 0.270. The van der Waals surface area contributed by atoms with E-state index >= 15 is 0 Å². The van der Waals surface area contributed by atoms with Crippen molar-refractivity contribution >= 4 is 27.4 Å². The van der Waals surface area contributed by atoms with Gasteiger partial charge in [-0.25, -0.2) is 13.4 Å². The van der Waals surface area contributed by atoms with Crippen LogP contribution in [0.3, 0.4) is 0 Å². The van der Waals surface area contributed by atoms with Crippen LogP contribution in [0.5, 0.6) is 0 Å². The molecule has 0 amide bonds. The first-order valence-electron chi connectivity index (χ1n) is 7.89. The van der Waals surface area contributed by atoms with Gasteiger partial charge < -0.3 is 10.6 Å². The van der Waals surface area contributed by atoms with Crippen molar-refractivity contribution in [2.45, 2.75) is 38.1 Å². The van der Waals surface area contributed by atoms with E-state index in [1.807, 2.05) is 0 Å². The molecular weight excluding hydrogens is 334 g/mol. The smallest absolute Gasteiger partial charge is 0.191 e. The van der Waals surface area contributed by atoms with Crippen LogP contribution in [0.25, 0.3) is 0 Å². The van der Waals surface area contributed by atoms with Crippen LogP contribution in [0.1, 0.15) is 32.3 Å². The van der Waals surface area contributed by atoms with E-state index < -0.39 is 9.84 Å². The van der Waals surface area contributed by atoms with Gasteiger partial charge in [0.05, 0.1) is 17.2 Å². The maximum atomic E-state index is 12.0. The van der Waals surface area contributed by atoms with Gasteiger partial charge >= 0.3 is 0 Å². The summed E-state index contributed by atoms with van der Waals surface area (Å²) in [4.78, 5) is 6.73. The van der Waals surface area contributed by atoms with Crippen molar-refractivity contribution in [3.05, 3.63) is 28.8 Å². The van der Waals surface area contributed by atoms with E-state index in [1.54, 1.807) is 19.1 Å². The number of benzene rings is 1. The zero-order chi connectivity index (χ0) is 17.0. The van der Waals surface area contributed by atoms with Crippen molar-refractivity contribution < 1.29 is 8.42 Å².